The molecule has 0 aliphatic heterocycles. The molecule has 0 bridgehead atoms. The van der Waals surface area contributed by atoms with E-state index in [1.54, 1.807) is 13.2 Å². The van der Waals surface area contributed by atoms with Crippen molar-refractivity contribution in [1.29, 1.82) is 0 Å². The number of rotatable bonds is 10. The normalized spacial score (nSPS) is 12.5. The summed E-state index contributed by atoms with van der Waals surface area (Å²) in [5, 5.41) is 5.11. The molecule has 0 unspecified atom stereocenters. The fourth-order valence-corrected chi connectivity index (χ4v) is 4.84. The summed E-state index contributed by atoms with van der Waals surface area (Å²) >= 11 is 1.29. The Morgan fingerprint density at radius 3 is 2.71 bits per heavy atom. The third kappa shape index (κ3) is 5.67. The number of nitrogens with one attached hydrogen (secondary N) is 1. The van der Waals surface area contributed by atoms with Crippen LogP contribution in [0.15, 0.2) is 15.7 Å². The van der Waals surface area contributed by atoms with Gasteiger partial charge in [-0.05, 0) is 29.5 Å². The van der Waals surface area contributed by atoms with Crippen LogP contribution >= 0.6 is 11.3 Å². The Morgan fingerprint density at radius 1 is 1.43 bits per heavy atom. The molecule has 0 saturated carbocycles. The Hall–Kier alpha value is -0.470. The third-order valence-corrected chi connectivity index (χ3v) is 6.25. The summed E-state index contributed by atoms with van der Waals surface area (Å²) in [4.78, 5) is 0. The zero-order chi connectivity index (χ0) is 15.9. The van der Waals surface area contributed by atoms with Crippen LogP contribution < -0.4 is 5.32 Å². The molecule has 7 heteroatoms. The molecule has 0 fully saturated rings. The average molecular weight is 335 g/mol. The van der Waals surface area contributed by atoms with Gasteiger partial charge in [0.25, 0.3) is 10.0 Å². The maximum Gasteiger partial charge on any atom is 0.252 e. The molecule has 0 aromatic carbocycles. The molecule has 0 radical (unpaired) electrons. The summed E-state index contributed by atoms with van der Waals surface area (Å²) in [6.07, 6.45) is 0. The maximum absolute atomic E-state index is 12.7. The molecule has 1 aromatic heterocycles. The van der Waals surface area contributed by atoms with Crippen LogP contribution in [-0.4, -0.2) is 46.1 Å². The van der Waals surface area contributed by atoms with Crippen LogP contribution in [0, 0.1) is 5.92 Å². The Bertz CT molecular complexity index is 512. The van der Waals surface area contributed by atoms with Gasteiger partial charge in [0.05, 0.1) is 6.61 Å². The largest absolute Gasteiger partial charge is 0.383 e. The number of ether oxygens (including phenoxy) is 1. The highest BCUT2D eigenvalue weighted by Crippen LogP contribution is 2.24. The summed E-state index contributed by atoms with van der Waals surface area (Å²) in [6.45, 7) is 8.92. The van der Waals surface area contributed by atoms with Gasteiger partial charge in [-0.15, -0.1) is 11.3 Å². The van der Waals surface area contributed by atoms with Crippen LogP contribution in [0.4, 0.5) is 0 Å². The van der Waals surface area contributed by atoms with E-state index in [1.807, 2.05) is 26.2 Å². The van der Waals surface area contributed by atoms with E-state index in [4.69, 9.17) is 4.74 Å². The van der Waals surface area contributed by atoms with Crippen molar-refractivity contribution in [2.75, 3.05) is 33.4 Å². The van der Waals surface area contributed by atoms with E-state index < -0.39 is 10.0 Å². The minimum absolute atomic E-state index is 0.276. The maximum atomic E-state index is 12.7. The number of sulfonamides is 1. The minimum atomic E-state index is -3.43. The molecule has 1 N–H and O–H groups in total. The highest BCUT2D eigenvalue weighted by atomic mass is 32.2. The minimum Gasteiger partial charge on any atom is -0.383 e. The van der Waals surface area contributed by atoms with E-state index in [0.29, 0.717) is 30.5 Å². The van der Waals surface area contributed by atoms with E-state index in [1.165, 1.54) is 15.6 Å². The lowest BCUT2D eigenvalue weighted by atomic mass is 10.2. The monoisotopic (exact) mass is 334 g/mol. The molecule has 1 heterocycles. The predicted octanol–water partition coefficient (Wildman–Crippen LogP) is 2.15. The Morgan fingerprint density at radius 2 is 2.14 bits per heavy atom. The van der Waals surface area contributed by atoms with E-state index in [9.17, 15) is 8.42 Å². The lowest BCUT2D eigenvalue weighted by Crippen LogP contribution is -2.36. The third-order valence-electron chi connectivity index (χ3n) is 2.92. The lowest BCUT2D eigenvalue weighted by molar-refractivity contribution is 0.175. The van der Waals surface area contributed by atoms with Gasteiger partial charge in [0, 0.05) is 26.7 Å². The molecule has 0 atom stereocenters. The van der Waals surface area contributed by atoms with Gasteiger partial charge < -0.3 is 10.1 Å². The van der Waals surface area contributed by atoms with Gasteiger partial charge in [-0.2, -0.15) is 4.31 Å². The zero-order valence-corrected chi connectivity index (χ0v) is 14.9. The fourth-order valence-electron chi connectivity index (χ4n) is 1.89. The second-order valence-corrected chi connectivity index (χ2v) is 8.38. The Kier molecular flexibility index (Phi) is 7.83. The molecule has 21 heavy (non-hydrogen) atoms. The van der Waals surface area contributed by atoms with Crippen molar-refractivity contribution in [3.8, 4) is 0 Å². The van der Waals surface area contributed by atoms with Crippen molar-refractivity contribution in [2.24, 2.45) is 5.92 Å². The van der Waals surface area contributed by atoms with Gasteiger partial charge in [-0.1, -0.05) is 20.8 Å². The average Bonchev–Trinajstić information content (AvgIpc) is 2.90. The number of hydrogen-bond acceptors (Lipinski definition) is 5. The first-order chi connectivity index (χ1) is 9.91. The first-order valence-electron chi connectivity index (χ1n) is 7.19. The van der Waals surface area contributed by atoms with E-state index in [2.05, 4.69) is 5.32 Å². The molecule has 0 aliphatic rings. The molecule has 0 amide bonds. The van der Waals surface area contributed by atoms with Crippen molar-refractivity contribution in [1.82, 2.24) is 9.62 Å². The van der Waals surface area contributed by atoms with Crippen molar-refractivity contribution >= 4 is 21.4 Å². The molecule has 1 aromatic rings. The molecular weight excluding hydrogens is 308 g/mol. The van der Waals surface area contributed by atoms with Gasteiger partial charge in [-0.3, -0.25) is 0 Å². The number of methoxy groups -OCH3 is 1. The second-order valence-electron chi connectivity index (χ2n) is 5.30. The van der Waals surface area contributed by atoms with E-state index in [-0.39, 0.29) is 5.92 Å². The first kappa shape index (κ1) is 18.6. The van der Waals surface area contributed by atoms with Gasteiger partial charge in [0.15, 0.2) is 0 Å². The molecule has 5 nitrogen and oxygen atoms in total. The molecule has 0 aliphatic carbocycles. The quantitative estimate of drug-likeness (QED) is 0.712. The van der Waals surface area contributed by atoms with Crippen molar-refractivity contribution in [3.63, 3.8) is 0 Å². The Labute approximate surface area is 132 Å². The molecule has 0 spiro atoms. The smallest absolute Gasteiger partial charge is 0.252 e. The number of thiophene rings is 1. The van der Waals surface area contributed by atoms with Crippen LogP contribution in [0.5, 0.6) is 0 Å². The fraction of sp³-hybridized carbons (Fsp3) is 0.714. The highest BCUT2D eigenvalue weighted by molar-refractivity contribution is 7.91. The second kappa shape index (κ2) is 8.85. The van der Waals surface area contributed by atoms with E-state index >= 15 is 0 Å². The Balaban J connectivity index is 2.90. The molecule has 1 rings (SSSR count). The van der Waals surface area contributed by atoms with Crippen molar-refractivity contribution < 1.29 is 13.2 Å². The van der Waals surface area contributed by atoms with Crippen LogP contribution in [0.3, 0.4) is 0 Å². The van der Waals surface area contributed by atoms with Crippen molar-refractivity contribution in [2.45, 2.75) is 31.5 Å². The van der Waals surface area contributed by atoms with Crippen LogP contribution in [0.1, 0.15) is 26.3 Å². The van der Waals surface area contributed by atoms with Crippen LogP contribution in [-0.2, 0) is 21.3 Å². The highest BCUT2D eigenvalue weighted by Gasteiger charge is 2.26. The molecular formula is C14H26N2O3S2. The van der Waals surface area contributed by atoms with Crippen molar-refractivity contribution in [3.05, 3.63) is 17.0 Å². The first-order valence-corrected chi connectivity index (χ1v) is 9.51. The zero-order valence-electron chi connectivity index (χ0n) is 13.3. The summed E-state index contributed by atoms with van der Waals surface area (Å²) in [7, 11) is -1.85. The van der Waals surface area contributed by atoms with Crippen LogP contribution in [0.2, 0.25) is 0 Å². The van der Waals surface area contributed by atoms with Crippen LogP contribution in [0.25, 0.3) is 0 Å². The topological polar surface area (TPSA) is 58.6 Å². The molecule has 122 valence electrons. The van der Waals surface area contributed by atoms with Gasteiger partial charge in [0.2, 0.25) is 0 Å². The predicted molar refractivity (Wildman–Crippen MR) is 87.2 cm³/mol. The summed E-state index contributed by atoms with van der Waals surface area (Å²) in [6, 6.07) is 1.77. The number of hydrogen-bond donors (Lipinski definition) is 1. The standard InChI is InChI=1S/C14H26N2O3S2/c1-5-15-9-13-8-14(20-11-13)21(17,18)16(6-7-19-4)10-12(2)3/h8,11-12,15H,5-7,9-10H2,1-4H3. The molecule has 0 saturated heterocycles. The van der Waals surface area contributed by atoms with Gasteiger partial charge >= 0.3 is 0 Å². The van der Waals surface area contributed by atoms with Gasteiger partial charge in [-0.25, -0.2) is 8.42 Å². The summed E-state index contributed by atoms with van der Waals surface area (Å²) < 4.78 is 32.4. The van der Waals surface area contributed by atoms with Gasteiger partial charge in [0.1, 0.15) is 4.21 Å². The summed E-state index contributed by atoms with van der Waals surface area (Å²) in [5.41, 5.74) is 1.01. The van der Waals surface area contributed by atoms with E-state index in [0.717, 1.165) is 12.1 Å². The number of nitrogens with zero attached hydrogens (tertiary/aromatic N) is 1. The SMILES string of the molecule is CCNCc1csc(S(=O)(=O)N(CCOC)CC(C)C)c1. The summed E-state index contributed by atoms with van der Waals surface area (Å²) in [5.74, 6) is 0.276. The lowest BCUT2D eigenvalue weighted by Gasteiger charge is -2.22.